The molecule has 82 valence electrons. The van der Waals surface area contributed by atoms with Crippen molar-refractivity contribution >= 4 is 38.3 Å². The SMILES string of the molecule is CC(=O)NC1CCN(c2nnc(Br)s2)C1. The summed E-state index contributed by atoms with van der Waals surface area (Å²) in [7, 11) is 0. The van der Waals surface area contributed by atoms with E-state index in [2.05, 4.69) is 36.3 Å². The van der Waals surface area contributed by atoms with E-state index < -0.39 is 0 Å². The van der Waals surface area contributed by atoms with Crippen LogP contribution in [0.1, 0.15) is 13.3 Å². The molecule has 1 aliphatic heterocycles. The summed E-state index contributed by atoms with van der Waals surface area (Å²) in [5, 5.41) is 11.8. The third-order valence-corrected chi connectivity index (χ3v) is 3.67. The van der Waals surface area contributed by atoms with E-state index in [-0.39, 0.29) is 11.9 Å². The number of amides is 1. The van der Waals surface area contributed by atoms with Crippen LogP contribution in [0.25, 0.3) is 0 Å². The first kappa shape index (κ1) is 10.8. The predicted octanol–water partition coefficient (Wildman–Crippen LogP) is 1.02. The molecule has 1 N–H and O–H groups in total. The van der Waals surface area contributed by atoms with Gasteiger partial charge in [-0.15, -0.1) is 10.2 Å². The van der Waals surface area contributed by atoms with Gasteiger partial charge < -0.3 is 10.2 Å². The molecule has 0 saturated carbocycles. The largest absolute Gasteiger partial charge is 0.352 e. The molecule has 7 heteroatoms. The van der Waals surface area contributed by atoms with Crippen molar-refractivity contribution in [1.29, 1.82) is 0 Å². The van der Waals surface area contributed by atoms with Crippen LogP contribution in [0.15, 0.2) is 3.92 Å². The highest BCUT2D eigenvalue weighted by atomic mass is 79.9. The third-order valence-electron chi connectivity index (χ3n) is 2.26. The summed E-state index contributed by atoms with van der Waals surface area (Å²) in [6, 6.07) is 0.241. The first-order chi connectivity index (χ1) is 7.15. The molecule has 0 aliphatic carbocycles. The van der Waals surface area contributed by atoms with Crippen molar-refractivity contribution in [3.05, 3.63) is 3.92 Å². The van der Waals surface area contributed by atoms with Crippen molar-refractivity contribution in [3.63, 3.8) is 0 Å². The number of carbonyl (C=O) groups is 1. The van der Waals surface area contributed by atoms with Gasteiger partial charge in [-0.3, -0.25) is 4.79 Å². The minimum atomic E-state index is 0.0281. The van der Waals surface area contributed by atoms with Gasteiger partial charge in [0, 0.05) is 26.1 Å². The first-order valence-electron chi connectivity index (χ1n) is 4.66. The summed E-state index contributed by atoms with van der Waals surface area (Å²) in [5.74, 6) is 0.0281. The molecule has 0 radical (unpaired) electrons. The fraction of sp³-hybridized carbons (Fsp3) is 0.625. The number of rotatable bonds is 2. The van der Waals surface area contributed by atoms with E-state index in [9.17, 15) is 4.79 Å². The van der Waals surface area contributed by atoms with Crippen molar-refractivity contribution in [2.45, 2.75) is 19.4 Å². The van der Waals surface area contributed by atoms with Crippen LogP contribution in [0.3, 0.4) is 0 Å². The van der Waals surface area contributed by atoms with E-state index in [1.54, 1.807) is 6.92 Å². The molecular weight excluding hydrogens is 280 g/mol. The van der Waals surface area contributed by atoms with Crippen LogP contribution < -0.4 is 10.2 Å². The van der Waals surface area contributed by atoms with Gasteiger partial charge in [0.05, 0.1) is 0 Å². The molecule has 1 amide bonds. The molecule has 0 bridgehead atoms. The zero-order valence-corrected chi connectivity index (χ0v) is 10.6. The second kappa shape index (κ2) is 4.44. The van der Waals surface area contributed by atoms with E-state index in [0.717, 1.165) is 28.6 Å². The van der Waals surface area contributed by atoms with Crippen LogP contribution in [0.2, 0.25) is 0 Å². The zero-order chi connectivity index (χ0) is 10.8. The molecule has 1 fully saturated rings. The number of carbonyl (C=O) groups excluding carboxylic acids is 1. The standard InChI is InChI=1S/C8H11BrN4OS/c1-5(14)10-6-2-3-13(4-6)8-12-11-7(9)15-8/h6H,2-4H2,1H3,(H,10,14). The molecule has 0 spiro atoms. The molecule has 1 aromatic rings. The Morgan fingerprint density at radius 1 is 1.67 bits per heavy atom. The smallest absolute Gasteiger partial charge is 0.217 e. The third kappa shape index (κ3) is 2.66. The average Bonchev–Trinajstić information content (AvgIpc) is 2.72. The number of aromatic nitrogens is 2. The van der Waals surface area contributed by atoms with Crippen molar-refractivity contribution in [3.8, 4) is 0 Å². The summed E-state index contributed by atoms with van der Waals surface area (Å²) in [6.07, 6.45) is 0.969. The first-order valence-corrected chi connectivity index (χ1v) is 6.27. The maximum absolute atomic E-state index is 10.9. The number of hydrogen-bond donors (Lipinski definition) is 1. The summed E-state index contributed by atoms with van der Waals surface area (Å²) in [5.41, 5.74) is 0. The van der Waals surface area contributed by atoms with E-state index >= 15 is 0 Å². The van der Waals surface area contributed by atoms with Crippen LogP contribution in [0, 0.1) is 0 Å². The summed E-state index contributed by atoms with van der Waals surface area (Å²) >= 11 is 4.80. The summed E-state index contributed by atoms with van der Waals surface area (Å²) in [4.78, 5) is 13.0. The lowest BCUT2D eigenvalue weighted by molar-refractivity contribution is -0.119. The Balaban J connectivity index is 1.95. The monoisotopic (exact) mass is 290 g/mol. The number of hydrogen-bond acceptors (Lipinski definition) is 5. The van der Waals surface area contributed by atoms with Crippen LogP contribution >= 0.6 is 27.3 Å². The highest BCUT2D eigenvalue weighted by molar-refractivity contribution is 9.11. The molecular formula is C8H11BrN4OS. The summed E-state index contributed by atoms with van der Waals surface area (Å²) < 4.78 is 0.792. The Hall–Kier alpha value is -0.690. The van der Waals surface area contributed by atoms with Gasteiger partial charge in [-0.1, -0.05) is 11.3 Å². The Kier molecular flexibility index (Phi) is 3.20. The van der Waals surface area contributed by atoms with Gasteiger partial charge >= 0.3 is 0 Å². The molecule has 15 heavy (non-hydrogen) atoms. The number of nitrogens with one attached hydrogen (secondary N) is 1. The van der Waals surface area contributed by atoms with Gasteiger partial charge in [0.1, 0.15) is 0 Å². The van der Waals surface area contributed by atoms with Gasteiger partial charge in [0.15, 0.2) is 3.92 Å². The number of anilines is 1. The molecule has 0 aromatic carbocycles. The van der Waals surface area contributed by atoms with Gasteiger partial charge in [-0.2, -0.15) is 0 Å². The van der Waals surface area contributed by atoms with Crippen LogP contribution in [-0.4, -0.2) is 35.2 Å². The molecule has 1 atom stereocenters. The van der Waals surface area contributed by atoms with Crippen molar-refractivity contribution < 1.29 is 4.79 Å². The summed E-state index contributed by atoms with van der Waals surface area (Å²) in [6.45, 7) is 3.29. The molecule has 1 aliphatic rings. The van der Waals surface area contributed by atoms with Gasteiger partial charge in [0.25, 0.3) is 0 Å². The number of nitrogens with zero attached hydrogens (tertiary/aromatic N) is 3. The van der Waals surface area contributed by atoms with Gasteiger partial charge in [-0.25, -0.2) is 0 Å². The van der Waals surface area contributed by atoms with Crippen LogP contribution in [-0.2, 0) is 4.79 Å². The highest BCUT2D eigenvalue weighted by Gasteiger charge is 2.25. The predicted molar refractivity (Wildman–Crippen MR) is 62.0 cm³/mol. The zero-order valence-electron chi connectivity index (χ0n) is 8.23. The maximum atomic E-state index is 10.9. The Labute approximate surface area is 100 Å². The van der Waals surface area contributed by atoms with Gasteiger partial charge in [-0.05, 0) is 22.4 Å². The minimum absolute atomic E-state index is 0.0281. The van der Waals surface area contributed by atoms with Crippen LogP contribution in [0.4, 0.5) is 5.13 Å². The van der Waals surface area contributed by atoms with E-state index in [0.29, 0.717) is 0 Å². The fourth-order valence-electron chi connectivity index (χ4n) is 1.67. The Morgan fingerprint density at radius 3 is 3.07 bits per heavy atom. The maximum Gasteiger partial charge on any atom is 0.217 e. The van der Waals surface area contributed by atoms with Crippen molar-refractivity contribution in [2.24, 2.45) is 0 Å². The van der Waals surface area contributed by atoms with Gasteiger partial charge in [0.2, 0.25) is 11.0 Å². The van der Waals surface area contributed by atoms with E-state index in [4.69, 9.17) is 0 Å². The Morgan fingerprint density at radius 2 is 2.47 bits per heavy atom. The molecule has 2 rings (SSSR count). The number of halogens is 1. The highest BCUT2D eigenvalue weighted by Crippen LogP contribution is 2.26. The topological polar surface area (TPSA) is 58.1 Å². The second-order valence-electron chi connectivity index (χ2n) is 3.47. The normalized spacial score (nSPS) is 20.7. The van der Waals surface area contributed by atoms with E-state index in [1.165, 1.54) is 11.3 Å². The average molecular weight is 291 g/mol. The van der Waals surface area contributed by atoms with Crippen molar-refractivity contribution in [1.82, 2.24) is 15.5 Å². The quantitative estimate of drug-likeness (QED) is 0.883. The second-order valence-corrected chi connectivity index (χ2v) is 5.70. The lowest BCUT2D eigenvalue weighted by atomic mass is 10.3. The molecule has 1 saturated heterocycles. The lowest BCUT2D eigenvalue weighted by Crippen LogP contribution is -2.35. The Bertz CT molecular complexity index is 369. The fourth-order valence-corrected chi connectivity index (χ4v) is 2.79. The van der Waals surface area contributed by atoms with Crippen molar-refractivity contribution in [2.75, 3.05) is 18.0 Å². The lowest BCUT2D eigenvalue weighted by Gasteiger charge is -2.14. The minimum Gasteiger partial charge on any atom is -0.352 e. The molecule has 1 aromatic heterocycles. The molecule has 1 unspecified atom stereocenters. The molecule has 5 nitrogen and oxygen atoms in total. The van der Waals surface area contributed by atoms with E-state index in [1.807, 2.05) is 0 Å². The van der Waals surface area contributed by atoms with Crippen LogP contribution in [0.5, 0.6) is 0 Å². The molecule has 2 heterocycles.